The molecule has 160 valence electrons. The zero-order chi connectivity index (χ0) is 24.4. The van der Waals surface area contributed by atoms with Gasteiger partial charge in [0.25, 0.3) is 0 Å². The Labute approximate surface area is 183 Å². The van der Waals surface area contributed by atoms with Crippen LogP contribution in [0.1, 0.15) is 49.2 Å². The second-order valence-electron chi connectivity index (χ2n) is 7.64. The monoisotopic (exact) mass is 414 g/mol. The molecule has 1 fully saturated rings. The van der Waals surface area contributed by atoms with E-state index in [-0.39, 0.29) is 66.2 Å². The average Bonchev–Trinajstić information content (AvgIpc) is 3.32. The van der Waals surface area contributed by atoms with Crippen molar-refractivity contribution in [1.82, 2.24) is 14.9 Å². The average molecular weight is 415 g/mol. The van der Waals surface area contributed by atoms with Crippen LogP contribution in [0, 0.1) is 0 Å². The number of nitrogens with zero attached hydrogens (tertiary/aromatic N) is 4. The van der Waals surface area contributed by atoms with Gasteiger partial charge in [-0.2, -0.15) is 9.97 Å². The van der Waals surface area contributed by atoms with Gasteiger partial charge in [-0.15, -0.1) is 0 Å². The fourth-order valence-corrected chi connectivity index (χ4v) is 3.66. The van der Waals surface area contributed by atoms with Crippen molar-refractivity contribution in [3.63, 3.8) is 0 Å². The number of anilines is 3. The van der Waals surface area contributed by atoms with Crippen LogP contribution in [-0.2, 0) is 17.9 Å². The largest absolute Gasteiger partial charge is 0.463 e. The van der Waals surface area contributed by atoms with Crippen LogP contribution in [0.15, 0.2) is 24.2 Å². The molecule has 0 saturated carbocycles. The minimum Gasteiger partial charge on any atom is -0.463 e. The summed E-state index contributed by atoms with van der Waals surface area (Å²) in [5.41, 5.74) is 7.05. The van der Waals surface area contributed by atoms with Crippen molar-refractivity contribution >= 4 is 23.2 Å². The molecule has 30 heavy (non-hydrogen) atoms. The van der Waals surface area contributed by atoms with Crippen LogP contribution >= 0.6 is 0 Å². The molecule has 2 aromatic rings. The van der Waals surface area contributed by atoms with Crippen molar-refractivity contribution in [3.8, 4) is 6.01 Å². The Morgan fingerprint density at radius 2 is 2.00 bits per heavy atom. The van der Waals surface area contributed by atoms with E-state index in [1.165, 1.54) is 0 Å². The number of fused-ring (bicyclic) bond motifs is 1. The van der Waals surface area contributed by atoms with Crippen LogP contribution in [0.3, 0.4) is 0 Å². The fraction of sp³-hybridized carbons (Fsp3) is 0.500. The summed E-state index contributed by atoms with van der Waals surface area (Å²) in [6.07, 6.45) is 3.92. The highest BCUT2D eigenvalue weighted by atomic mass is 16.5. The number of likely N-dealkylation sites (tertiary alicyclic amines) is 1. The molecule has 0 aliphatic carbocycles. The zero-order valence-corrected chi connectivity index (χ0v) is 17.3. The highest BCUT2D eigenvalue weighted by Crippen LogP contribution is 2.34. The lowest BCUT2D eigenvalue weighted by molar-refractivity contribution is -0.115. The Morgan fingerprint density at radius 1 is 1.23 bits per heavy atom. The van der Waals surface area contributed by atoms with Crippen LogP contribution < -0.4 is 20.7 Å². The first-order valence-corrected chi connectivity index (χ1v) is 10.5. The first kappa shape index (κ1) is 15.9. The van der Waals surface area contributed by atoms with Crippen LogP contribution in [0.5, 0.6) is 6.01 Å². The molecule has 3 N–H and O–H groups in total. The maximum absolute atomic E-state index is 12.4. The Bertz CT molecular complexity index is 1090. The number of unbranched alkanes of at least 4 members (excludes halogenated alkanes) is 1. The molecule has 8 nitrogen and oxygen atoms in total. The van der Waals surface area contributed by atoms with E-state index >= 15 is 0 Å². The van der Waals surface area contributed by atoms with E-state index < -0.39 is 0 Å². The molecular weight excluding hydrogens is 380 g/mol. The number of aromatic nitrogens is 2. The van der Waals surface area contributed by atoms with Gasteiger partial charge in [0.05, 0.1) is 18.6 Å². The van der Waals surface area contributed by atoms with Gasteiger partial charge in [-0.05, 0) is 43.5 Å². The molecule has 0 atom stereocenters. The van der Waals surface area contributed by atoms with Crippen molar-refractivity contribution in [2.75, 3.05) is 42.2 Å². The molecule has 8 heteroatoms. The third kappa shape index (κ3) is 4.81. The van der Waals surface area contributed by atoms with Gasteiger partial charge in [0, 0.05) is 13.1 Å². The van der Waals surface area contributed by atoms with Gasteiger partial charge in [-0.1, -0.05) is 37.5 Å². The number of nitrogens with two attached hydrogens (primary N) is 1. The molecule has 2 aliphatic rings. The summed E-state index contributed by atoms with van der Waals surface area (Å²) in [5.74, 6) is 0.102. The maximum Gasteiger partial charge on any atom is 0.320 e. The lowest BCUT2D eigenvalue weighted by atomic mass is 10.1. The van der Waals surface area contributed by atoms with Gasteiger partial charge in [0.15, 0.2) is 11.6 Å². The van der Waals surface area contributed by atoms with Crippen molar-refractivity contribution in [1.29, 1.82) is 0 Å². The normalized spacial score (nSPS) is 18.3. The van der Waals surface area contributed by atoms with Gasteiger partial charge in [0.1, 0.15) is 5.69 Å². The van der Waals surface area contributed by atoms with Crippen molar-refractivity contribution in [3.05, 3.63) is 35.3 Å². The molecule has 2 aliphatic heterocycles. The van der Waals surface area contributed by atoms with E-state index in [2.05, 4.69) is 20.2 Å². The Balaban J connectivity index is 1.70. The molecular formula is C22H30N6O2. The third-order valence-corrected chi connectivity index (χ3v) is 5.18. The predicted molar refractivity (Wildman–Crippen MR) is 117 cm³/mol. The number of ether oxygens (including phenoxy) is 1. The van der Waals surface area contributed by atoms with Crippen molar-refractivity contribution in [2.45, 2.75) is 45.7 Å². The Hall–Kier alpha value is -2.87. The quantitative estimate of drug-likeness (QED) is 0.641. The summed E-state index contributed by atoms with van der Waals surface area (Å²) in [6, 6.07) is -0.324. The van der Waals surface area contributed by atoms with Gasteiger partial charge in [-0.25, -0.2) is 0 Å². The standard InChI is InChI=1S/C22H30N6O2/c1-2-3-11-30-22-25-20(23)19-21(26-22)28(15-18(29)24-19)14-17-8-6-7-16(12-17)13-27-9-4-5-10-27/h6-8,12H,2-5,9-11,13-15H2,1H3,(H,24,29)(H2,23,25,26)/i6D,7D,8D,12D. The lowest BCUT2D eigenvalue weighted by Crippen LogP contribution is -2.39. The number of carbonyl (C=O) groups is 1. The minimum absolute atomic E-state index is 0.00208. The molecule has 1 amide bonds. The Morgan fingerprint density at radius 3 is 2.77 bits per heavy atom. The van der Waals surface area contributed by atoms with E-state index in [1.54, 1.807) is 4.90 Å². The highest BCUT2D eigenvalue weighted by Gasteiger charge is 2.27. The van der Waals surface area contributed by atoms with Gasteiger partial charge in [-0.3, -0.25) is 9.69 Å². The maximum atomic E-state index is 12.4. The number of carbonyl (C=O) groups excluding carboxylic acids is 1. The molecule has 3 heterocycles. The number of hydrogen-bond donors (Lipinski definition) is 2. The summed E-state index contributed by atoms with van der Waals surface area (Å²) >= 11 is 0. The molecule has 0 spiro atoms. The summed E-state index contributed by atoms with van der Waals surface area (Å²) < 4.78 is 39.5. The number of hydrogen-bond acceptors (Lipinski definition) is 7. The zero-order valence-electron chi connectivity index (χ0n) is 21.3. The van der Waals surface area contributed by atoms with E-state index in [0.29, 0.717) is 24.5 Å². The molecule has 1 aromatic carbocycles. The minimum atomic E-state index is -0.319. The first-order valence-electron chi connectivity index (χ1n) is 12.5. The van der Waals surface area contributed by atoms with Crippen LogP contribution in [0.2, 0.25) is 0 Å². The van der Waals surface area contributed by atoms with Gasteiger partial charge in [0.2, 0.25) is 5.91 Å². The summed E-state index contributed by atoms with van der Waals surface area (Å²) in [6.45, 7) is 4.60. The molecule has 1 aromatic heterocycles. The van der Waals surface area contributed by atoms with E-state index in [1.807, 2.05) is 6.92 Å². The smallest absolute Gasteiger partial charge is 0.320 e. The highest BCUT2D eigenvalue weighted by molar-refractivity contribution is 6.03. The number of benzene rings is 1. The van der Waals surface area contributed by atoms with Crippen LogP contribution in [0.25, 0.3) is 0 Å². The second kappa shape index (κ2) is 9.30. The van der Waals surface area contributed by atoms with Gasteiger partial charge >= 0.3 is 6.01 Å². The third-order valence-electron chi connectivity index (χ3n) is 5.18. The lowest BCUT2D eigenvalue weighted by Gasteiger charge is -2.30. The summed E-state index contributed by atoms with van der Waals surface area (Å²) in [5, 5.41) is 2.69. The van der Waals surface area contributed by atoms with Crippen molar-refractivity contribution in [2.24, 2.45) is 0 Å². The van der Waals surface area contributed by atoms with Gasteiger partial charge < -0.3 is 20.7 Å². The number of nitrogens with one attached hydrogen (secondary N) is 1. The SMILES string of the molecule is [2H]c1c([2H])c(CN2CCCC2)c([2H])c(CN2CC(=O)Nc3c(N)nc(OCCCC)nc32)c1[2H]. The van der Waals surface area contributed by atoms with E-state index in [9.17, 15) is 4.79 Å². The van der Waals surface area contributed by atoms with E-state index in [0.717, 1.165) is 38.8 Å². The predicted octanol–water partition coefficient (Wildman–Crippen LogP) is 2.79. The molecule has 0 bridgehead atoms. The first-order chi connectivity index (χ1) is 16.3. The fourth-order valence-electron chi connectivity index (χ4n) is 3.66. The molecule has 1 saturated heterocycles. The number of amides is 1. The molecule has 0 radical (unpaired) electrons. The molecule has 0 unspecified atom stereocenters. The second-order valence-corrected chi connectivity index (χ2v) is 7.64. The molecule has 4 rings (SSSR count). The van der Waals surface area contributed by atoms with Crippen molar-refractivity contribution < 1.29 is 15.0 Å². The Kier molecular flexibility index (Phi) is 4.93. The van der Waals surface area contributed by atoms with Crippen LogP contribution in [-0.4, -0.2) is 47.0 Å². The summed E-state index contributed by atoms with van der Waals surface area (Å²) in [7, 11) is 0. The summed E-state index contributed by atoms with van der Waals surface area (Å²) in [4.78, 5) is 24.8. The van der Waals surface area contributed by atoms with E-state index in [4.69, 9.17) is 16.0 Å². The topological polar surface area (TPSA) is 96.6 Å². The number of nitrogen functional groups attached to an aromatic ring is 1. The van der Waals surface area contributed by atoms with Crippen LogP contribution in [0.4, 0.5) is 17.3 Å². The number of rotatable bonds is 8.